The number of nitrogens with zero attached hydrogens (tertiary/aromatic N) is 2. The van der Waals surface area contributed by atoms with Gasteiger partial charge < -0.3 is 14.4 Å². The Bertz CT molecular complexity index is 257. The van der Waals surface area contributed by atoms with E-state index in [2.05, 4.69) is 16.7 Å². The molecule has 4 nitrogen and oxygen atoms in total. The lowest BCUT2D eigenvalue weighted by Crippen LogP contribution is -2.51. The third-order valence-corrected chi connectivity index (χ3v) is 4.28. The molecule has 0 aromatic rings. The molecular formula is C14H26N2O2. The maximum Gasteiger partial charge on any atom is 0.127 e. The highest BCUT2D eigenvalue weighted by atomic mass is 16.5. The fourth-order valence-corrected chi connectivity index (χ4v) is 3.02. The predicted octanol–water partition coefficient (Wildman–Crippen LogP) is 1.01. The van der Waals surface area contributed by atoms with Crippen LogP contribution in [0.25, 0.3) is 0 Å². The second-order valence-corrected chi connectivity index (χ2v) is 5.71. The van der Waals surface area contributed by atoms with Crippen molar-refractivity contribution in [3.05, 3.63) is 0 Å². The van der Waals surface area contributed by atoms with Crippen molar-refractivity contribution in [2.24, 2.45) is 5.41 Å². The fourth-order valence-electron chi connectivity index (χ4n) is 3.02. The van der Waals surface area contributed by atoms with E-state index in [1.165, 1.54) is 19.3 Å². The quantitative estimate of drug-likeness (QED) is 0.686. The number of hydrogen-bond acceptors (Lipinski definition) is 4. The molecule has 0 aromatic carbocycles. The van der Waals surface area contributed by atoms with E-state index in [0.717, 1.165) is 58.8 Å². The summed E-state index contributed by atoms with van der Waals surface area (Å²) < 4.78 is 5.38. The van der Waals surface area contributed by atoms with Gasteiger partial charge in [-0.3, -0.25) is 4.90 Å². The van der Waals surface area contributed by atoms with Crippen molar-refractivity contribution >= 4 is 6.29 Å². The molecule has 2 saturated heterocycles. The first kappa shape index (κ1) is 14.0. The average molecular weight is 254 g/mol. The normalized spacial score (nSPS) is 26.1. The summed E-state index contributed by atoms with van der Waals surface area (Å²) in [5, 5.41) is 0. The number of rotatable bonds is 5. The molecule has 2 heterocycles. The summed E-state index contributed by atoms with van der Waals surface area (Å²) in [5.41, 5.74) is -0.134. The van der Waals surface area contributed by atoms with Crippen molar-refractivity contribution in [1.29, 1.82) is 0 Å². The van der Waals surface area contributed by atoms with Gasteiger partial charge in [0.25, 0.3) is 0 Å². The van der Waals surface area contributed by atoms with Crippen molar-refractivity contribution in [3.63, 3.8) is 0 Å². The molecule has 0 radical (unpaired) electrons. The summed E-state index contributed by atoms with van der Waals surface area (Å²) >= 11 is 0. The van der Waals surface area contributed by atoms with Crippen LogP contribution in [0.5, 0.6) is 0 Å². The van der Waals surface area contributed by atoms with E-state index in [4.69, 9.17) is 4.74 Å². The van der Waals surface area contributed by atoms with E-state index < -0.39 is 0 Å². The van der Waals surface area contributed by atoms with E-state index in [0.29, 0.717) is 0 Å². The molecule has 4 heteroatoms. The SMILES string of the molecule is CCCN1CCN(CC2(C=O)CCOCC2)CC1. The molecule has 0 spiro atoms. The Morgan fingerprint density at radius 1 is 1.11 bits per heavy atom. The van der Waals surface area contributed by atoms with Gasteiger partial charge in [0.15, 0.2) is 0 Å². The van der Waals surface area contributed by atoms with Crippen LogP contribution < -0.4 is 0 Å². The molecule has 0 bridgehead atoms. The Morgan fingerprint density at radius 2 is 1.72 bits per heavy atom. The molecule has 2 aliphatic rings. The Kier molecular flexibility index (Phi) is 5.15. The largest absolute Gasteiger partial charge is 0.381 e. The lowest BCUT2D eigenvalue weighted by atomic mass is 9.81. The minimum Gasteiger partial charge on any atom is -0.381 e. The van der Waals surface area contributed by atoms with Gasteiger partial charge in [0.2, 0.25) is 0 Å². The van der Waals surface area contributed by atoms with E-state index in [-0.39, 0.29) is 5.41 Å². The monoisotopic (exact) mass is 254 g/mol. The molecule has 0 atom stereocenters. The van der Waals surface area contributed by atoms with E-state index in [1.807, 2.05) is 0 Å². The highest BCUT2D eigenvalue weighted by Crippen LogP contribution is 2.29. The van der Waals surface area contributed by atoms with Gasteiger partial charge in [-0.1, -0.05) is 6.92 Å². The van der Waals surface area contributed by atoms with Gasteiger partial charge in [-0.2, -0.15) is 0 Å². The molecule has 104 valence electrons. The molecule has 2 fully saturated rings. The number of hydrogen-bond donors (Lipinski definition) is 0. The van der Waals surface area contributed by atoms with Crippen molar-refractivity contribution in [1.82, 2.24) is 9.80 Å². The number of carbonyl (C=O) groups excluding carboxylic acids is 1. The lowest BCUT2D eigenvalue weighted by molar-refractivity contribution is -0.123. The minimum atomic E-state index is -0.134. The van der Waals surface area contributed by atoms with Crippen LogP contribution in [-0.4, -0.2) is 68.6 Å². The maximum atomic E-state index is 11.4. The van der Waals surface area contributed by atoms with E-state index in [1.54, 1.807) is 0 Å². The lowest BCUT2D eigenvalue weighted by Gasteiger charge is -2.40. The van der Waals surface area contributed by atoms with Crippen molar-refractivity contribution in [3.8, 4) is 0 Å². The first-order valence-corrected chi connectivity index (χ1v) is 7.27. The topological polar surface area (TPSA) is 32.8 Å². The second-order valence-electron chi connectivity index (χ2n) is 5.71. The number of carbonyl (C=O) groups is 1. The van der Waals surface area contributed by atoms with Gasteiger partial charge in [0.05, 0.1) is 0 Å². The Hall–Kier alpha value is -0.450. The predicted molar refractivity (Wildman–Crippen MR) is 71.7 cm³/mol. The number of ether oxygens (including phenoxy) is 1. The van der Waals surface area contributed by atoms with Crippen LogP contribution in [0.1, 0.15) is 26.2 Å². The molecular weight excluding hydrogens is 228 g/mol. The van der Waals surface area contributed by atoms with Crippen molar-refractivity contribution in [2.45, 2.75) is 26.2 Å². The smallest absolute Gasteiger partial charge is 0.127 e. The Balaban J connectivity index is 1.80. The molecule has 0 aromatic heterocycles. The molecule has 0 aliphatic carbocycles. The van der Waals surface area contributed by atoms with Gasteiger partial charge in [0.1, 0.15) is 6.29 Å². The number of piperazine rings is 1. The van der Waals surface area contributed by atoms with Crippen LogP contribution in [0.3, 0.4) is 0 Å². The van der Waals surface area contributed by atoms with Gasteiger partial charge in [-0.05, 0) is 25.8 Å². The Labute approximate surface area is 110 Å². The van der Waals surface area contributed by atoms with Crippen LogP contribution in [-0.2, 0) is 9.53 Å². The molecule has 0 saturated carbocycles. The zero-order chi connectivity index (χ0) is 12.8. The second kappa shape index (κ2) is 6.64. The third kappa shape index (κ3) is 3.53. The van der Waals surface area contributed by atoms with Gasteiger partial charge in [-0.15, -0.1) is 0 Å². The summed E-state index contributed by atoms with van der Waals surface area (Å²) in [6.07, 6.45) is 4.21. The van der Waals surface area contributed by atoms with E-state index in [9.17, 15) is 4.79 Å². The fraction of sp³-hybridized carbons (Fsp3) is 0.929. The average Bonchev–Trinajstić information content (AvgIpc) is 2.42. The Morgan fingerprint density at radius 3 is 2.28 bits per heavy atom. The molecule has 18 heavy (non-hydrogen) atoms. The van der Waals surface area contributed by atoms with Gasteiger partial charge >= 0.3 is 0 Å². The molecule has 2 aliphatic heterocycles. The number of aldehydes is 1. The summed E-state index contributed by atoms with van der Waals surface area (Å²) in [7, 11) is 0. The minimum absolute atomic E-state index is 0.134. The first-order chi connectivity index (χ1) is 8.78. The summed E-state index contributed by atoms with van der Waals surface area (Å²) in [5.74, 6) is 0. The van der Waals surface area contributed by atoms with Crippen LogP contribution in [0.4, 0.5) is 0 Å². The molecule has 0 amide bonds. The van der Waals surface area contributed by atoms with Crippen LogP contribution in [0.15, 0.2) is 0 Å². The van der Waals surface area contributed by atoms with Crippen LogP contribution in [0, 0.1) is 5.41 Å². The summed E-state index contributed by atoms with van der Waals surface area (Å²) in [6, 6.07) is 0. The summed E-state index contributed by atoms with van der Waals surface area (Å²) in [4.78, 5) is 16.4. The molecule has 2 rings (SSSR count). The van der Waals surface area contributed by atoms with Crippen molar-refractivity contribution < 1.29 is 9.53 Å². The highest BCUT2D eigenvalue weighted by Gasteiger charge is 2.34. The molecule has 0 N–H and O–H groups in total. The van der Waals surface area contributed by atoms with E-state index >= 15 is 0 Å². The molecule has 0 unspecified atom stereocenters. The zero-order valence-corrected chi connectivity index (χ0v) is 11.6. The summed E-state index contributed by atoms with van der Waals surface area (Å²) in [6.45, 7) is 10.4. The third-order valence-electron chi connectivity index (χ3n) is 4.28. The highest BCUT2D eigenvalue weighted by molar-refractivity contribution is 5.60. The maximum absolute atomic E-state index is 11.4. The van der Waals surface area contributed by atoms with Crippen LogP contribution in [0.2, 0.25) is 0 Å². The van der Waals surface area contributed by atoms with Gasteiger partial charge in [-0.25, -0.2) is 0 Å². The van der Waals surface area contributed by atoms with Crippen LogP contribution >= 0.6 is 0 Å². The van der Waals surface area contributed by atoms with Gasteiger partial charge in [0, 0.05) is 51.4 Å². The van der Waals surface area contributed by atoms with Crippen molar-refractivity contribution in [2.75, 3.05) is 52.5 Å². The first-order valence-electron chi connectivity index (χ1n) is 7.27. The zero-order valence-electron chi connectivity index (χ0n) is 11.6. The standard InChI is InChI=1S/C14H26N2O2/c1-2-5-15-6-8-16(9-7-15)12-14(13-17)3-10-18-11-4-14/h13H,2-12H2,1H3.